The highest BCUT2D eigenvalue weighted by molar-refractivity contribution is 6.31. The predicted octanol–water partition coefficient (Wildman–Crippen LogP) is 2.64. The number of nitrogens with zero attached hydrogens (tertiary/aromatic N) is 2. The predicted molar refractivity (Wildman–Crippen MR) is 92.3 cm³/mol. The molecule has 2 atom stereocenters. The Balaban J connectivity index is 1.86. The summed E-state index contributed by atoms with van der Waals surface area (Å²) in [5.74, 6) is -0.113. The third-order valence-electron chi connectivity index (χ3n) is 4.28. The molecule has 5 nitrogen and oxygen atoms in total. The molecule has 1 aromatic heterocycles. The van der Waals surface area contributed by atoms with E-state index in [1.807, 2.05) is 31.2 Å². The largest absolute Gasteiger partial charge is 0.369 e. The van der Waals surface area contributed by atoms with Crippen LogP contribution >= 0.6 is 11.6 Å². The van der Waals surface area contributed by atoms with Crippen LogP contribution in [0.2, 0.25) is 5.02 Å². The molecule has 0 saturated carbocycles. The second-order valence-electron chi connectivity index (χ2n) is 6.02. The molecule has 3 rings (SSSR count). The summed E-state index contributed by atoms with van der Waals surface area (Å²) in [5, 5.41) is 0.631. The van der Waals surface area contributed by atoms with Crippen LogP contribution in [0.1, 0.15) is 28.9 Å². The molecule has 1 saturated heterocycles. The van der Waals surface area contributed by atoms with Crippen molar-refractivity contribution in [2.75, 3.05) is 13.2 Å². The van der Waals surface area contributed by atoms with Crippen LogP contribution in [0.15, 0.2) is 47.4 Å². The van der Waals surface area contributed by atoms with Crippen molar-refractivity contribution in [3.63, 3.8) is 0 Å². The van der Waals surface area contributed by atoms with E-state index < -0.39 is 0 Å². The number of hydrogen-bond donors (Lipinski definition) is 0. The molecule has 0 aliphatic carbocycles. The Kier molecular flexibility index (Phi) is 4.73. The van der Waals surface area contributed by atoms with Gasteiger partial charge in [0.1, 0.15) is 6.10 Å². The zero-order valence-corrected chi connectivity index (χ0v) is 14.4. The lowest BCUT2D eigenvalue weighted by molar-refractivity contribution is -0.0486. The van der Waals surface area contributed by atoms with Crippen LogP contribution in [0.25, 0.3) is 0 Å². The minimum atomic E-state index is -0.258. The summed E-state index contributed by atoms with van der Waals surface area (Å²) < 4.78 is 7.29. The number of benzene rings is 1. The van der Waals surface area contributed by atoms with Crippen LogP contribution in [0, 0.1) is 0 Å². The molecule has 6 heteroatoms. The first-order chi connectivity index (χ1) is 11.5. The van der Waals surface area contributed by atoms with Crippen molar-refractivity contribution >= 4 is 17.5 Å². The number of halogens is 1. The minimum absolute atomic E-state index is 0.0477. The maximum absolute atomic E-state index is 12.9. The van der Waals surface area contributed by atoms with Gasteiger partial charge in [0.25, 0.3) is 5.91 Å². The van der Waals surface area contributed by atoms with Crippen LogP contribution in [-0.2, 0) is 11.8 Å². The molecule has 0 bridgehead atoms. The van der Waals surface area contributed by atoms with Gasteiger partial charge in [0.2, 0.25) is 5.56 Å². The summed E-state index contributed by atoms with van der Waals surface area (Å²) in [5.41, 5.74) is 1.23. The van der Waals surface area contributed by atoms with E-state index in [0.717, 1.165) is 5.56 Å². The quantitative estimate of drug-likeness (QED) is 0.840. The van der Waals surface area contributed by atoms with E-state index in [-0.39, 0.29) is 23.6 Å². The zero-order valence-electron chi connectivity index (χ0n) is 13.6. The van der Waals surface area contributed by atoms with Crippen molar-refractivity contribution in [2.45, 2.75) is 19.1 Å². The van der Waals surface area contributed by atoms with Crippen molar-refractivity contribution in [3.05, 3.63) is 69.1 Å². The van der Waals surface area contributed by atoms with Crippen LogP contribution in [0.3, 0.4) is 0 Å². The van der Waals surface area contributed by atoms with Gasteiger partial charge in [-0.15, -0.1) is 0 Å². The molecule has 1 fully saturated rings. The SMILES string of the molecule is C[C@@H]1CO[C@H](c2ccccc2Cl)CN1C(=O)c1ccc(=O)n(C)c1. The number of hydrogen-bond acceptors (Lipinski definition) is 3. The van der Waals surface area contributed by atoms with E-state index in [2.05, 4.69) is 0 Å². The molecule has 2 aromatic rings. The Labute approximate surface area is 145 Å². The second kappa shape index (κ2) is 6.79. The molecule has 2 heterocycles. The highest BCUT2D eigenvalue weighted by atomic mass is 35.5. The van der Waals surface area contributed by atoms with Crippen molar-refractivity contribution in [3.8, 4) is 0 Å². The minimum Gasteiger partial charge on any atom is -0.369 e. The van der Waals surface area contributed by atoms with Crippen molar-refractivity contribution in [2.24, 2.45) is 7.05 Å². The summed E-state index contributed by atoms with van der Waals surface area (Å²) in [6.07, 6.45) is 1.31. The van der Waals surface area contributed by atoms with Crippen LogP contribution in [0.5, 0.6) is 0 Å². The summed E-state index contributed by atoms with van der Waals surface area (Å²) in [7, 11) is 1.63. The fraction of sp³-hybridized carbons (Fsp3) is 0.333. The van der Waals surface area contributed by atoms with E-state index in [4.69, 9.17) is 16.3 Å². The summed E-state index contributed by atoms with van der Waals surface area (Å²) >= 11 is 6.25. The Morgan fingerprint density at radius 2 is 2.00 bits per heavy atom. The third-order valence-corrected chi connectivity index (χ3v) is 4.62. The first-order valence-corrected chi connectivity index (χ1v) is 8.19. The van der Waals surface area contributed by atoms with Crippen LogP contribution in [-0.4, -0.2) is 34.6 Å². The van der Waals surface area contributed by atoms with Gasteiger partial charge in [0, 0.05) is 29.9 Å². The lowest BCUT2D eigenvalue weighted by Gasteiger charge is -2.38. The molecule has 0 radical (unpaired) electrons. The normalized spacial score (nSPS) is 20.9. The number of carbonyl (C=O) groups is 1. The Hall–Kier alpha value is -2.11. The molecule has 0 unspecified atom stereocenters. The van der Waals surface area contributed by atoms with Gasteiger partial charge in [-0.25, -0.2) is 0 Å². The number of amides is 1. The maximum atomic E-state index is 12.9. The summed E-state index contributed by atoms with van der Waals surface area (Å²) in [6.45, 7) is 2.81. The van der Waals surface area contributed by atoms with E-state index in [0.29, 0.717) is 23.7 Å². The lowest BCUT2D eigenvalue weighted by Crippen LogP contribution is -2.48. The van der Waals surface area contributed by atoms with E-state index in [1.54, 1.807) is 24.2 Å². The molecule has 1 amide bonds. The molecule has 1 aliphatic heterocycles. The average Bonchev–Trinajstić information content (AvgIpc) is 2.58. The Morgan fingerprint density at radius 3 is 2.71 bits per heavy atom. The Morgan fingerprint density at radius 1 is 1.25 bits per heavy atom. The summed E-state index contributed by atoms with van der Waals surface area (Å²) in [6, 6.07) is 10.4. The molecule has 0 spiro atoms. The fourth-order valence-electron chi connectivity index (χ4n) is 2.85. The number of ether oxygens (including phenoxy) is 1. The van der Waals surface area contributed by atoms with Crippen LogP contribution < -0.4 is 5.56 Å². The van der Waals surface area contributed by atoms with Gasteiger partial charge >= 0.3 is 0 Å². The van der Waals surface area contributed by atoms with Crippen LogP contribution in [0.4, 0.5) is 0 Å². The van der Waals surface area contributed by atoms with Crippen molar-refractivity contribution in [1.29, 1.82) is 0 Å². The first-order valence-electron chi connectivity index (χ1n) is 7.81. The van der Waals surface area contributed by atoms with Gasteiger partial charge in [-0.2, -0.15) is 0 Å². The van der Waals surface area contributed by atoms with Gasteiger partial charge in [-0.1, -0.05) is 29.8 Å². The van der Waals surface area contributed by atoms with E-state index in [9.17, 15) is 9.59 Å². The Bertz CT molecular complexity index is 818. The lowest BCUT2D eigenvalue weighted by atomic mass is 10.0. The number of rotatable bonds is 2. The standard InChI is InChI=1S/C18H19ClN2O3/c1-12-11-24-16(14-5-3-4-6-15(14)19)10-21(12)18(23)13-7-8-17(22)20(2)9-13/h3-9,12,16H,10-11H2,1-2H3/t12-,16+/m1/s1. The number of aromatic nitrogens is 1. The maximum Gasteiger partial charge on any atom is 0.255 e. The molecule has 1 aliphatic rings. The summed E-state index contributed by atoms with van der Waals surface area (Å²) in [4.78, 5) is 26.1. The third kappa shape index (κ3) is 3.23. The molecule has 0 N–H and O–H groups in total. The van der Waals surface area contributed by atoms with Gasteiger partial charge < -0.3 is 14.2 Å². The number of aryl methyl sites for hydroxylation is 1. The zero-order chi connectivity index (χ0) is 17.3. The number of carbonyl (C=O) groups excluding carboxylic acids is 1. The molecule has 1 aromatic carbocycles. The van der Waals surface area contributed by atoms with Gasteiger partial charge in [0.05, 0.1) is 24.8 Å². The number of pyridine rings is 1. The second-order valence-corrected chi connectivity index (χ2v) is 6.42. The average molecular weight is 347 g/mol. The van der Waals surface area contributed by atoms with Crippen molar-refractivity contribution in [1.82, 2.24) is 9.47 Å². The topological polar surface area (TPSA) is 51.5 Å². The smallest absolute Gasteiger partial charge is 0.255 e. The van der Waals surface area contributed by atoms with Gasteiger partial charge in [-0.05, 0) is 19.1 Å². The number of morpholine rings is 1. The highest BCUT2D eigenvalue weighted by Gasteiger charge is 2.32. The first kappa shape index (κ1) is 16.7. The molecule has 126 valence electrons. The molecular formula is C18H19ClN2O3. The van der Waals surface area contributed by atoms with E-state index in [1.165, 1.54) is 10.6 Å². The van der Waals surface area contributed by atoms with Crippen molar-refractivity contribution < 1.29 is 9.53 Å². The highest BCUT2D eigenvalue weighted by Crippen LogP contribution is 2.30. The van der Waals surface area contributed by atoms with Gasteiger partial charge in [0.15, 0.2) is 0 Å². The van der Waals surface area contributed by atoms with E-state index >= 15 is 0 Å². The fourth-order valence-corrected chi connectivity index (χ4v) is 3.11. The monoisotopic (exact) mass is 346 g/mol. The van der Waals surface area contributed by atoms with Gasteiger partial charge in [-0.3, -0.25) is 9.59 Å². The molecular weight excluding hydrogens is 328 g/mol. The molecule has 24 heavy (non-hydrogen) atoms.